The van der Waals surface area contributed by atoms with Crippen molar-refractivity contribution in [1.29, 1.82) is 0 Å². The average molecular weight is 464 g/mol. The summed E-state index contributed by atoms with van der Waals surface area (Å²) < 4.78 is 46.1. The summed E-state index contributed by atoms with van der Waals surface area (Å²) >= 11 is 0. The predicted molar refractivity (Wildman–Crippen MR) is 110 cm³/mol. The molecule has 13 heteroatoms. The zero-order valence-electron chi connectivity index (χ0n) is 17.7. The Bertz CT molecular complexity index is 1220. The number of halogens is 3. The van der Waals surface area contributed by atoms with Crippen molar-refractivity contribution in [2.75, 3.05) is 5.73 Å². The summed E-state index contributed by atoms with van der Waals surface area (Å²) in [4.78, 5) is 30.4. The van der Waals surface area contributed by atoms with Crippen molar-refractivity contribution in [3.8, 4) is 11.1 Å². The summed E-state index contributed by atoms with van der Waals surface area (Å²) in [6.45, 7) is 4.91. The number of nitrogens with two attached hydrogens (primary N) is 1. The normalized spacial score (nSPS) is 11.9. The minimum absolute atomic E-state index is 0.0788. The van der Waals surface area contributed by atoms with Gasteiger partial charge >= 0.3 is 23.7 Å². The predicted octanol–water partition coefficient (Wildman–Crippen LogP) is 3.87. The topological polar surface area (TPSA) is 150 Å². The number of amides is 1. The highest BCUT2D eigenvalue weighted by Crippen LogP contribution is 2.38. The van der Waals surface area contributed by atoms with Crippen LogP contribution in [0, 0.1) is 10.1 Å². The van der Waals surface area contributed by atoms with E-state index in [0.29, 0.717) is 0 Å². The molecule has 1 aromatic carbocycles. The van der Waals surface area contributed by atoms with Gasteiger partial charge in [-0.1, -0.05) is 38.1 Å². The van der Waals surface area contributed by atoms with Gasteiger partial charge in [-0.2, -0.15) is 18.2 Å². The second kappa shape index (κ2) is 8.48. The number of carbonyl (C=O) groups excluding carboxylic acids is 1. The van der Waals surface area contributed by atoms with Gasteiger partial charge < -0.3 is 15.6 Å². The molecule has 3 aromatic rings. The summed E-state index contributed by atoms with van der Waals surface area (Å²) in [5.41, 5.74) is 2.91. The standard InChI is InChI=1S/C20H19F3N6O4/c1-19(2,3)18-27-17(33-28-18)16(30)26-9-11-5-4-10(8-13(11)20(21,22)23)12-6-7-25-15(24)14(12)29(31)32/h4-8H,9H2,1-3H3,(H2,24,25)(H,26,30). The molecule has 0 fully saturated rings. The van der Waals surface area contributed by atoms with E-state index in [1.54, 1.807) is 20.8 Å². The van der Waals surface area contributed by atoms with Crippen molar-refractivity contribution < 1.29 is 27.4 Å². The van der Waals surface area contributed by atoms with Gasteiger partial charge in [0.25, 0.3) is 0 Å². The van der Waals surface area contributed by atoms with Crippen LogP contribution in [-0.4, -0.2) is 26.0 Å². The third-order valence-electron chi connectivity index (χ3n) is 4.59. The number of benzene rings is 1. The maximum Gasteiger partial charge on any atom is 0.416 e. The Morgan fingerprint density at radius 3 is 2.52 bits per heavy atom. The van der Waals surface area contributed by atoms with Crippen LogP contribution in [0.4, 0.5) is 24.7 Å². The van der Waals surface area contributed by atoms with Crippen LogP contribution < -0.4 is 11.1 Å². The number of nitrogen functional groups attached to an aromatic ring is 1. The van der Waals surface area contributed by atoms with Gasteiger partial charge in [-0.25, -0.2) is 4.98 Å². The Morgan fingerprint density at radius 2 is 1.94 bits per heavy atom. The Morgan fingerprint density at radius 1 is 1.24 bits per heavy atom. The second-order valence-corrected chi connectivity index (χ2v) is 8.07. The number of hydrogen-bond acceptors (Lipinski definition) is 8. The summed E-state index contributed by atoms with van der Waals surface area (Å²) in [6.07, 6.45) is -3.64. The number of pyridine rings is 1. The second-order valence-electron chi connectivity index (χ2n) is 8.07. The van der Waals surface area contributed by atoms with Crippen LogP contribution >= 0.6 is 0 Å². The Hall–Kier alpha value is -4.03. The third kappa shape index (κ3) is 5.07. The number of carbonyl (C=O) groups is 1. The molecule has 3 rings (SSSR count). The Kier molecular flexibility index (Phi) is 6.07. The van der Waals surface area contributed by atoms with Gasteiger partial charge in [0.2, 0.25) is 5.82 Å². The van der Waals surface area contributed by atoms with E-state index in [0.717, 1.165) is 18.3 Å². The maximum atomic E-state index is 13.7. The van der Waals surface area contributed by atoms with E-state index in [4.69, 9.17) is 10.3 Å². The Labute approximate surface area is 185 Å². The lowest BCUT2D eigenvalue weighted by molar-refractivity contribution is -0.383. The molecule has 0 saturated carbocycles. The van der Waals surface area contributed by atoms with Gasteiger partial charge in [0.1, 0.15) is 0 Å². The van der Waals surface area contributed by atoms with Gasteiger partial charge in [0.15, 0.2) is 5.82 Å². The lowest BCUT2D eigenvalue weighted by atomic mass is 9.96. The average Bonchev–Trinajstić information content (AvgIpc) is 3.21. The molecule has 0 radical (unpaired) electrons. The van der Waals surface area contributed by atoms with E-state index in [9.17, 15) is 28.1 Å². The van der Waals surface area contributed by atoms with Crippen molar-refractivity contribution in [3.05, 3.63) is 63.4 Å². The van der Waals surface area contributed by atoms with Crippen LogP contribution in [0.3, 0.4) is 0 Å². The van der Waals surface area contributed by atoms with E-state index in [2.05, 4.69) is 20.4 Å². The molecule has 0 unspecified atom stereocenters. The number of nitro groups is 1. The maximum absolute atomic E-state index is 13.7. The number of nitrogens with zero attached hydrogens (tertiary/aromatic N) is 4. The van der Waals surface area contributed by atoms with E-state index in [-0.39, 0.29) is 28.4 Å². The smallest absolute Gasteiger partial charge is 0.378 e. The van der Waals surface area contributed by atoms with Gasteiger partial charge in [-0.05, 0) is 23.3 Å². The minimum Gasteiger partial charge on any atom is -0.378 e. The van der Waals surface area contributed by atoms with Crippen molar-refractivity contribution in [1.82, 2.24) is 20.4 Å². The number of anilines is 1. The number of rotatable bonds is 5. The summed E-state index contributed by atoms with van der Waals surface area (Å²) in [5.74, 6) is -1.37. The molecule has 10 nitrogen and oxygen atoms in total. The number of alkyl halides is 3. The highest BCUT2D eigenvalue weighted by atomic mass is 19.4. The highest BCUT2D eigenvalue weighted by molar-refractivity contribution is 5.89. The third-order valence-corrected chi connectivity index (χ3v) is 4.59. The first kappa shape index (κ1) is 23.6. The number of nitrogens with one attached hydrogen (secondary N) is 1. The lowest BCUT2D eigenvalue weighted by Crippen LogP contribution is -2.25. The van der Waals surface area contributed by atoms with Crippen LogP contribution in [0.15, 0.2) is 35.0 Å². The van der Waals surface area contributed by atoms with E-state index < -0.39 is 46.0 Å². The van der Waals surface area contributed by atoms with Gasteiger partial charge in [-0.15, -0.1) is 0 Å². The summed E-state index contributed by atoms with van der Waals surface area (Å²) in [6, 6.07) is 4.34. The zero-order valence-corrected chi connectivity index (χ0v) is 17.7. The van der Waals surface area contributed by atoms with Crippen molar-refractivity contribution in [3.63, 3.8) is 0 Å². The fraction of sp³-hybridized carbons (Fsp3) is 0.300. The van der Waals surface area contributed by atoms with Crippen LogP contribution in [0.2, 0.25) is 0 Å². The lowest BCUT2D eigenvalue weighted by Gasteiger charge is -2.15. The van der Waals surface area contributed by atoms with Crippen molar-refractivity contribution in [2.24, 2.45) is 0 Å². The molecule has 2 heterocycles. The van der Waals surface area contributed by atoms with Crippen LogP contribution in [0.5, 0.6) is 0 Å². The molecule has 3 N–H and O–H groups in total. The molecule has 0 spiro atoms. The zero-order chi connectivity index (χ0) is 24.6. The van der Waals surface area contributed by atoms with Gasteiger partial charge in [0, 0.05) is 18.2 Å². The summed E-state index contributed by atoms with van der Waals surface area (Å²) in [5, 5.41) is 17.4. The van der Waals surface area contributed by atoms with Crippen molar-refractivity contribution in [2.45, 2.75) is 38.9 Å². The van der Waals surface area contributed by atoms with E-state index >= 15 is 0 Å². The molecule has 0 aliphatic heterocycles. The number of hydrogen-bond donors (Lipinski definition) is 2. The molecule has 33 heavy (non-hydrogen) atoms. The molecule has 1 amide bonds. The summed E-state index contributed by atoms with van der Waals surface area (Å²) in [7, 11) is 0. The first-order valence-corrected chi connectivity index (χ1v) is 9.50. The minimum atomic E-state index is -4.80. The monoisotopic (exact) mass is 464 g/mol. The highest BCUT2D eigenvalue weighted by Gasteiger charge is 2.34. The van der Waals surface area contributed by atoms with Gasteiger partial charge in [0.05, 0.1) is 16.1 Å². The molecule has 0 saturated heterocycles. The fourth-order valence-corrected chi connectivity index (χ4v) is 2.93. The SMILES string of the molecule is CC(C)(C)c1noc(C(=O)NCc2ccc(-c3ccnc(N)c3[N+](=O)[O-])cc2C(F)(F)F)n1. The van der Waals surface area contributed by atoms with Crippen LogP contribution in [0.25, 0.3) is 11.1 Å². The molecule has 0 bridgehead atoms. The quantitative estimate of drug-likeness (QED) is 0.427. The van der Waals surface area contributed by atoms with Crippen molar-refractivity contribution >= 4 is 17.4 Å². The molecule has 2 aromatic heterocycles. The first-order chi connectivity index (χ1) is 15.3. The molecule has 0 atom stereocenters. The molecule has 174 valence electrons. The number of aromatic nitrogens is 3. The molecular weight excluding hydrogens is 445 g/mol. The molecular formula is C20H19F3N6O4. The molecule has 0 aliphatic rings. The fourth-order valence-electron chi connectivity index (χ4n) is 2.93. The molecule has 0 aliphatic carbocycles. The Balaban J connectivity index is 1.92. The first-order valence-electron chi connectivity index (χ1n) is 9.50. The largest absolute Gasteiger partial charge is 0.416 e. The van der Waals surface area contributed by atoms with Crippen LogP contribution in [0.1, 0.15) is 48.4 Å². The van der Waals surface area contributed by atoms with E-state index in [1.807, 2.05) is 0 Å². The van der Waals surface area contributed by atoms with Gasteiger partial charge in [-0.3, -0.25) is 14.9 Å². The van der Waals surface area contributed by atoms with Crippen LogP contribution in [-0.2, 0) is 18.1 Å². The van der Waals surface area contributed by atoms with E-state index in [1.165, 1.54) is 12.1 Å².